The summed E-state index contributed by atoms with van der Waals surface area (Å²) in [5.41, 5.74) is 1.41. The quantitative estimate of drug-likeness (QED) is 0.703. The molecule has 1 aliphatic heterocycles. The largest absolute Gasteiger partial charge is 0.351 e. The first-order valence-electron chi connectivity index (χ1n) is 9.35. The average Bonchev–Trinajstić information content (AvgIpc) is 3.02. The molecule has 8 nitrogen and oxygen atoms in total. The van der Waals surface area contributed by atoms with Gasteiger partial charge in [-0.25, -0.2) is 0 Å². The number of rotatable bonds is 4. The van der Waals surface area contributed by atoms with Gasteiger partial charge in [0.25, 0.3) is 5.91 Å². The highest BCUT2D eigenvalue weighted by molar-refractivity contribution is 5.94. The Balaban J connectivity index is 1.29. The minimum absolute atomic E-state index is 0.00207. The average molecular weight is 363 g/mol. The summed E-state index contributed by atoms with van der Waals surface area (Å²) in [5.74, 6) is 2.36. The van der Waals surface area contributed by atoms with Gasteiger partial charge in [0.1, 0.15) is 5.82 Å². The van der Waals surface area contributed by atoms with Crippen molar-refractivity contribution in [3.8, 4) is 0 Å². The molecule has 1 amide bonds. The summed E-state index contributed by atoms with van der Waals surface area (Å²) in [6.45, 7) is 1.53. The minimum Gasteiger partial charge on any atom is -0.351 e. The number of likely N-dealkylation sites (N-methyl/N-ethyl adjacent to an activating group) is 1. The van der Waals surface area contributed by atoms with Crippen molar-refractivity contribution < 1.29 is 4.79 Å². The predicted octanol–water partition coefficient (Wildman–Crippen LogP) is 1.75. The molecule has 1 aliphatic carbocycles. The van der Waals surface area contributed by atoms with E-state index in [0.717, 1.165) is 30.4 Å². The lowest BCUT2D eigenvalue weighted by Crippen LogP contribution is -2.60. The molecule has 1 saturated heterocycles. The number of fused-ring (bicyclic) bond motifs is 1. The molecule has 0 aromatic carbocycles. The van der Waals surface area contributed by atoms with E-state index in [1.165, 1.54) is 19.3 Å². The van der Waals surface area contributed by atoms with Crippen molar-refractivity contribution in [2.24, 2.45) is 0 Å². The third-order valence-corrected chi connectivity index (χ3v) is 5.71. The van der Waals surface area contributed by atoms with Crippen molar-refractivity contribution in [1.29, 1.82) is 0 Å². The van der Waals surface area contributed by atoms with Crippen LogP contribution in [0.1, 0.15) is 41.4 Å². The molecule has 138 valence electrons. The van der Waals surface area contributed by atoms with Gasteiger partial charge in [0.2, 0.25) is 0 Å². The molecule has 0 atom stereocenters. The topological polar surface area (TPSA) is 79.5 Å². The second-order valence-electron chi connectivity index (χ2n) is 7.36. The molecule has 8 heteroatoms. The van der Waals surface area contributed by atoms with Crippen LogP contribution in [0.4, 0.5) is 5.82 Å². The third kappa shape index (κ3) is 2.72. The van der Waals surface area contributed by atoms with Gasteiger partial charge in [-0.2, -0.15) is 4.52 Å². The van der Waals surface area contributed by atoms with Crippen LogP contribution in [0.2, 0.25) is 0 Å². The molecule has 1 saturated carbocycles. The number of aromatic nitrogens is 5. The van der Waals surface area contributed by atoms with Crippen molar-refractivity contribution in [3.63, 3.8) is 0 Å². The van der Waals surface area contributed by atoms with Crippen LogP contribution in [-0.2, 0) is 0 Å². The second-order valence-corrected chi connectivity index (χ2v) is 7.36. The van der Waals surface area contributed by atoms with Crippen molar-refractivity contribution in [2.75, 3.05) is 25.0 Å². The fourth-order valence-corrected chi connectivity index (χ4v) is 3.63. The number of carbonyl (C=O) groups is 1. The minimum atomic E-state index is 0.00207. The SMILES string of the molecule is CN(C(=O)c1cccnc1)C1CN(c2ccc3nnc(C4CCC4)n3n2)C1. The Labute approximate surface area is 156 Å². The van der Waals surface area contributed by atoms with Crippen LogP contribution in [-0.4, -0.2) is 61.8 Å². The second kappa shape index (κ2) is 6.29. The van der Waals surface area contributed by atoms with Crippen LogP contribution in [0.25, 0.3) is 5.65 Å². The molecule has 0 bridgehead atoms. The molecule has 0 radical (unpaired) electrons. The number of pyridine rings is 1. The van der Waals surface area contributed by atoms with Crippen LogP contribution in [0, 0.1) is 0 Å². The summed E-state index contributed by atoms with van der Waals surface area (Å²) in [6.07, 6.45) is 6.87. The summed E-state index contributed by atoms with van der Waals surface area (Å²) in [7, 11) is 1.85. The Morgan fingerprint density at radius 3 is 2.74 bits per heavy atom. The molecule has 4 heterocycles. The number of hydrogen-bond acceptors (Lipinski definition) is 6. The third-order valence-electron chi connectivity index (χ3n) is 5.71. The Morgan fingerprint density at radius 2 is 2.04 bits per heavy atom. The summed E-state index contributed by atoms with van der Waals surface area (Å²) >= 11 is 0. The monoisotopic (exact) mass is 363 g/mol. The first-order chi connectivity index (χ1) is 13.2. The van der Waals surface area contributed by atoms with Gasteiger partial charge in [-0.15, -0.1) is 15.3 Å². The number of nitrogens with zero attached hydrogens (tertiary/aromatic N) is 7. The van der Waals surface area contributed by atoms with E-state index < -0.39 is 0 Å². The zero-order valence-corrected chi connectivity index (χ0v) is 15.2. The zero-order valence-electron chi connectivity index (χ0n) is 15.2. The van der Waals surface area contributed by atoms with Crippen molar-refractivity contribution in [2.45, 2.75) is 31.2 Å². The van der Waals surface area contributed by atoms with Crippen molar-refractivity contribution in [3.05, 3.63) is 48.0 Å². The smallest absolute Gasteiger partial charge is 0.255 e. The summed E-state index contributed by atoms with van der Waals surface area (Å²) in [6, 6.07) is 7.70. The van der Waals surface area contributed by atoms with Gasteiger partial charge in [-0.05, 0) is 37.1 Å². The first kappa shape index (κ1) is 16.2. The number of carbonyl (C=O) groups excluding carboxylic acids is 1. The molecule has 2 fully saturated rings. The number of amides is 1. The number of hydrogen-bond donors (Lipinski definition) is 0. The standard InChI is InChI=1S/C19H21N7O/c1-24(19(27)14-6-3-9-20-10-14)15-11-25(12-15)17-8-7-16-21-22-18(26(16)23-17)13-4-2-5-13/h3,6-10,13,15H,2,4-5,11-12H2,1H3. The van der Waals surface area contributed by atoms with Gasteiger partial charge >= 0.3 is 0 Å². The lowest BCUT2D eigenvalue weighted by molar-refractivity contribution is 0.0704. The van der Waals surface area contributed by atoms with E-state index in [4.69, 9.17) is 5.10 Å². The summed E-state index contributed by atoms with van der Waals surface area (Å²) in [4.78, 5) is 20.6. The lowest BCUT2D eigenvalue weighted by atomic mass is 9.85. The van der Waals surface area contributed by atoms with Crippen LogP contribution < -0.4 is 4.90 Å². The fourth-order valence-electron chi connectivity index (χ4n) is 3.63. The van der Waals surface area contributed by atoms with Gasteiger partial charge in [0, 0.05) is 38.4 Å². The molecule has 2 aliphatic rings. The van der Waals surface area contributed by atoms with E-state index in [1.807, 2.05) is 23.7 Å². The van der Waals surface area contributed by atoms with E-state index in [-0.39, 0.29) is 11.9 Å². The molecule has 0 N–H and O–H groups in total. The molecular weight excluding hydrogens is 342 g/mol. The van der Waals surface area contributed by atoms with Crippen LogP contribution in [0.3, 0.4) is 0 Å². The molecule has 0 spiro atoms. The highest BCUT2D eigenvalue weighted by atomic mass is 16.2. The lowest BCUT2D eigenvalue weighted by Gasteiger charge is -2.44. The van der Waals surface area contributed by atoms with Gasteiger partial charge in [-0.1, -0.05) is 6.42 Å². The molecule has 0 unspecified atom stereocenters. The fraction of sp³-hybridized carbons (Fsp3) is 0.421. The maximum atomic E-state index is 12.6. The van der Waals surface area contributed by atoms with E-state index >= 15 is 0 Å². The van der Waals surface area contributed by atoms with E-state index in [9.17, 15) is 4.79 Å². The predicted molar refractivity (Wildman–Crippen MR) is 99.7 cm³/mol. The molecular formula is C19H21N7O. The number of anilines is 1. The van der Waals surface area contributed by atoms with E-state index in [2.05, 4.69) is 20.1 Å². The molecule has 3 aromatic rings. The Bertz CT molecular complexity index is 976. The van der Waals surface area contributed by atoms with E-state index in [0.29, 0.717) is 11.5 Å². The van der Waals surface area contributed by atoms with Gasteiger partial charge in [0.15, 0.2) is 11.5 Å². The van der Waals surface area contributed by atoms with E-state index in [1.54, 1.807) is 29.4 Å². The normalized spacial score (nSPS) is 17.6. The Kier molecular flexibility index (Phi) is 3.77. The van der Waals surface area contributed by atoms with Gasteiger partial charge < -0.3 is 9.80 Å². The maximum Gasteiger partial charge on any atom is 0.255 e. The van der Waals surface area contributed by atoms with Crippen LogP contribution in [0.5, 0.6) is 0 Å². The van der Waals surface area contributed by atoms with Crippen molar-refractivity contribution >= 4 is 17.4 Å². The van der Waals surface area contributed by atoms with Crippen LogP contribution >= 0.6 is 0 Å². The first-order valence-corrected chi connectivity index (χ1v) is 9.35. The van der Waals surface area contributed by atoms with Gasteiger partial charge in [0.05, 0.1) is 11.6 Å². The highest BCUT2D eigenvalue weighted by Crippen LogP contribution is 2.35. The Morgan fingerprint density at radius 1 is 1.19 bits per heavy atom. The molecule has 27 heavy (non-hydrogen) atoms. The summed E-state index contributed by atoms with van der Waals surface area (Å²) in [5, 5.41) is 13.3. The molecule has 5 rings (SSSR count). The maximum absolute atomic E-state index is 12.6. The summed E-state index contributed by atoms with van der Waals surface area (Å²) < 4.78 is 1.89. The highest BCUT2D eigenvalue weighted by Gasteiger charge is 2.34. The Hall–Kier alpha value is -3.03. The molecule has 3 aromatic heterocycles. The van der Waals surface area contributed by atoms with Gasteiger partial charge in [-0.3, -0.25) is 9.78 Å². The van der Waals surface area contributed by atoms with Crippen molar-refractivity contribution in [1.82, 2.24) is 29.7 Å². The zero-order chi connectivity index (χ0) is 18.4. The van der Waals surface area contributed by atoms with Crippen LogP contribution in [0.15, 0.2) is 36.7 Å².